The zero-order chi connectivity index (χ0) is 11.1. The third-order valence-electron chi connectivity index (χ3n) is 2.38. The standard InChI is InChI=1S/C13H19NO/c1-3-11(9-14)8-12-4-6-13(7-5-12)10-15-2/h4-8H,3,9-10,14H2,1-2H3. The van der Waals surface area contributed by atoms with E-state index in [4.69, 9.17) is 10.5 Å². The van der Waals surface area contributed by atoms with Gasteiger partial charge in [0.25, 0.3) is 0 Å². The Morgan fingerprint density at radius 1 is 1.33 bits per heavy atom. The second kappa shape index (κ2) is 6.38. The molecule has 0 spiro atoms. The molecule has 0 radical (unpaired) electrons. The minimum atomic E-state index is 0.635. The van der Waals surface area contributed by atoms with Gasteiger partial charge in [0.15, 0.2) is 0 Å². The summed E-state index contributed by atoms with van der Waals surface area (Å²) in [5.74, 6) is 0. The zero-order valence-corrected chi connectivity index (χ0v) is 9.49. The van der Waals surface area contributed by atoms with Gasteiger partial charge in [0, 0.05) is 13.7 Å². The SMILES string of the molecule is CCC(=Cc1ccc(COC)cc1)CN. The Kier molecular flexibility index (Phi) is 5.08. The molecule has 0 fully saturated rings. The predicted molar refractivity (Wildman–Crippen MR) is 64.5 cm³/mol. The lowest BCUT2D eigenvalue weighted by atomic mass is 10.1. The van der Waals surface area contributed by atoms with E-state index < -0.39 is 0 Å². The number of hydrogen-bond acceptors (Lipinski definition) is 2. The molecular weight excluding hydrogens is 186 g/mol. The summed E-state index contributed by atoms with van der Waals surface area (Å²) in [4.78, 5) is 0. The molecule has 2 N–H and O–H groups in total. The second-order valence-corrected chi connectivity index (χ2v) is 3.53. The molecule has 82 valence electrons. The van der Waals surface area contributed by atoms with E-state index in [-0.39, 0.29) is 0 Å². The van der Waals surface area contributed by atoms with E-state index in [1.54, 1.807) is 7.11 Å². The maximum atomic E-state index is 5.62. The van der Waals surface area contributed by atoms with E-state index in [1.165, 1.54) is 16.7 Å². The van der Waals surface area contributed by atoms with Gasteiger partial charge in [-0.1, -0.05) is 42.8 Å². The van der Waals surface area contributed by atoms with E-state index in [0.29, 0.717) is 13.2 Å². The molecule has 1 rings (SSSR count). The van der Waals surface area contributed by atoms with E-state index in [2.05, 4.69) is 37.3 Å². The Morgan fingerprint density at radius 3 is 2.47 bits per heavy atom. The van der Waals surface area contributed by atoms with Crippen LogP contribution in [0.25, 0.3) is 6.08 Å². The second-order valence-electron chi connectivity index (χ2n) is 3.53. The number of ether oxygens (including phenoxy) is 1. The highest BCUT2D eigenvalue weighted by molar-refractivity contribution is 5.53. The molecule has 2 nitrogen and oxygen atoms in total. The number of nitrogens with two attached hydrogens (primary N) is 1. The van der Waals surface area contributed by atoms with Gasteiger partial charge in [-0.3, -0.25) is 0 Å². The molecule has 0 amide bonds. The van der Waals surface area contributed by atoms with Crippen molar-refractivity contribution in [3.05, 3.63) is 41.0 Å². The molecule has 0 unspecified atom stereocenters. The number of methoxy groups -OCH3 is 1. The lowest BCUT2D eigenvalue weighted by molar-refractivity contribution is 0.185. The van der Waals surface area contributed by atoms with Gasteiger partial charge in [0.2, 0.25) is 0 Å². The lowest BCUT2D eigenvalue weighted by Gasteiger charge is -2.02. The van der Waals surface area contributed by atoms with Gasteiger partial charge in [-0.2, -0.15) is 0 Å². The molecule has 1 aromatic carbocycles. The summed E-state index contributed by atoms with van der Waals surface area (Å²) in [6.45, 7) is 3.43. The van der Waals surface area contributed by atoms with Gasteiger partial charge in [0.05, 0.1) is 6.61 Å². The van der Waals surface area contributed by atoms with Crippen LogP contribution in [0.5, 0.6) is 0 Å². The first-order valence-electron chi connectivity index (χ1n) is 5.27. The maximum Gasteiger partial charge on any atom is 0.0713 e. The van der Waals surface area contributed by atoms with Crippen molar-refractivity contribution < 1.29 is 4.74 Å². The molecule has 0 aliphatic carbocycles. The maximum absolute atomic E-state index is 5.62. The third-order valence-corrected chi connectivity index (χ3v) is 2.38. The lowest BCUT2D eigenvalue weighted by Crippen LogP contribution is -2.01. The van der Waals surface area contributed by atoms with Crippen LogP contribution in [0.4, 0.5) is 0 Å². The van der Waals surface area contributed by atoms with Crippen LogP contribution in [0, 0.1) is 0 Å². The van der Waals surface area contributed by atoms with Crippen molar-refractivity contribution in [3.8, 4) is 0 Å². The summed E-state index contributed by atoms with van der Waals surface area (Å²) in [6.07, 6.45) is 3.16. The molecule has 1 aromatic rings. The Labute approximate surface area is 91.7 Å². The topological polar surface area (TPSA) is 35.2 Å². The van der Waals surface area contributed by atoms with Crippen molar-refractivity contribution in [3.63, 3.8) is 0 Å². The first-order valence-corrected chi connectivity index (χ1v) is 5.27. The molecule has 0 aliphatic rings. The Morgan fingerprint density at radius 2 is 2.00 bits per heavy atom. The highest BCUT2D eigenvalue weighted by Gasteiger charge is 1.94. The summed E-state index contributed by atoms with van der Waals surface area (Å²) in [5.41, 5.74) is 9.29. The van der Waals surface area contributed by atoms with E-state index in [0.717, 1.165) is 6.42 Å². The molecule has 2 heteroatoms. The molecule has 0 aromatic heterocycles. The van der Waals surface area contributed by atoms with Crippen molar-refractivity contribution >= 4 is 6.08 Å². The van der Waals surface area contributed by atoms with Crippen molar-refractivity contribution in [1.29, 1.82) is 0 Å². The molecule has 0 aliphatic heterocycles. The summed E-state index contributed by atoms with van der Waals surface area (Å²) >= 11 is 0. The Bertz CT molecular complexity index is 308. The zero-order valence-electron chi connectivity index (χ0n) is 9.49. The van der Waals surface area contributed by atoms with E-state index in [1.807, 2.05) is 0 Å². The van der Waals surface area contributed by atoms with Crippen LogP contribution >= 0.6 is 0 Å². The first kappa shape index (κ1) is 12.0. The molecule has 0 saturated carbocycles. The van der Waals surface area contributed by atoms with Gasteiger partial charge in [-0.15, -0.1) is 0 Å². The predicted octanol–water partition coefficient (Wildman–Crippen LogP) is 2.59. The quantitative estimate of drug-likeness (QED) is 0.802. The van der Waals surface area contributed by atoms with Crippen LogP contribution in [0.1, 0.15) is 24.5 Å². The molecule has 0 atom stereocenters. The van der Waals surface area contributed by atoms with Crippen LogP contribution in [-0.4, -0.2) is 13.7 Å². The molecule has 15 heavy (non-hydrogen) atoms. The number of benzene rings is 1. The van der Waals surface area contributed by atoms with Crippen molar-refractivity contribution in [2.45, 2.75) is 20.0 Å². The van der Waals surface area contributed by atoms with Crippen LogP contribution in [-0.2, 0) is 11.3 Å². The number of rotatable bonds is 5. The number of hydrogen-bond donors (Lipinski definition) is 1. The first-order chi connectivity index (χ1) is 7.30. The van der Waals surface area contributed by atoms with E-state index >= 15 is 0 Å². The van der Waals surface area contributed by atoms with Crippen molar-refractivity contribution in [1.82, 2.24) is 0 Å². The van der Waals surface area contributed by atoms with Crippen molar-refractivity contribution in [2.75, 3.05) is 13.7 Å². The molecule has 0 heterocycles. The van der Waals surface area contributed by atoms with Crippen LogP contribution in [0.3, 0.4) is 0 Å². The highest BCUT2D eigenvalue weighted by Crippen LogP contribution is 2.10. The smallest absolute Gasteiger partial charge is 0.0713 e. The van der Waals surface area contributed by atoms with Gasteiger partial charge >= 0.3 is 0 Å². The summed E-state index contributed by atoms with van der Waals surface area (Å²) in [6, 6.07) is 8.36. The van der Waals surface area contributed by atoms with Crippen LogP contribution in [0.15, 0.2) is 29.8 Å². The average Bonchev–Trinajstić information content (AvgIpc) is 2.28. The van der Waals surface area contributed by atoms with E-state index in [9.17, 15) is 0 Å². The monoisotopic (exact) mass is 205 g/mol. The van der Waals surface area contributed by atoms with Crippen LogP contribution < -0.4 is 5.73 Å². The van der Waals surface area contributed by atoms with Gasteiger partial charge in [-0.05, 0) is 17.5 Å². The van der Waals surface area contributed by atoms with Crippen molar-refractivity contribution in [2.24, 2.45) is 5.73 Å². The normalized spacial score (nSPS) is 11.8. The summed E-state index contributed by atoms with van der Waals surface area (Å²) in [5, 5.41) is 0. The molecule has 0 saturated heterocycles. The van der Waals surface area contributed by atoms with Crippen LogP contribution in [0.2, 0.25) is 0 Å². The third kappa shape index (κ3) is 3.86. The summed E-state index contributed by atoms with van der Waals surface area (Å²) in [7, 11) is 1.71. The highest BCUT2D eigenvalue weighted by atomic mass is 16.5. The fourth-order valence-corrected chi connectivity index (χ4v) is 1.42. The average molecular weight is 205 g/mol. The van der Waals surface area contributed by atoms with Gasteiger partial charge in [-0.25, -0.2) is 0 Å². The molecular formula is C13H19NO. The Hall–Kier alpha value is -1.12. The van der Waals surface area contributed by atoms with Gasteiger partial charge < -0.3 is 10.5 Å². The van der Waals surface area contributed by atoms with Gasteiger partial charge in [0.1, 0.15) is 0 Å². The Balaban J connectivity index is 2.75. The fourth-order valence-electron chi connectivity index (χ4n) is 1.42. The fraction of sp³-hybridized carbons (Fsp3) is 0.385. The molecule has 0 bridgehead atoms. The largest absolute Gasteiger partial charge is 0.380 e. The minimum Gasteiger partial charge on any atom is -0.380 e. The summed E-state index contributed by atoms with van der Waals surface area (Å²) < 4.78 is 5.06. The minimum absolute atomic E-state index is 0.635.